The van der Waals surface area contributed by atoms with Crippen molar-refractivity contribution >= 4 is 17.2 Å². The number of benzene rings is 1. The van der Waals surface area contributed by atoms with Gasteiger partial charge in [0, 0.05) is 11.4 Å². The van der Waals surface area contributed by atoms with Gasteiger partial charge in [0.15, 0.2) is 0 Å². The van der Waals surface area contributed by atoms with Gasteiger partial charge in [0.2, 0.25) is 5.91 Å². The molecule has 1 amide bonds. The highest BCUT2D eigenvalue weighted by molar-refractivity contribution is 7.09. The second-order valence-electron chi connectivity index (χ2n) is 5.12. The third kappa shape index (κ3) is 6.30. The van der Waals surface area contributed by atoms with Gasteiger partial charge in [-0.3, -0.25) is 9.69 Å². The van der Waals surface area contributed by atoms with Crippen LogP contribution in [0, 0.1) is 0 Å². The van der Waals surface area contributed by atoms with E-state index in [0.717, 1.165) is 16.4 Å². The molecule has 1 aromatic carbocycles. The highest BCUT2D eigenvalue weighted by Crippen LogP contribution is 2.16. The molecule has 0 aliphatic rings. The lowest BCUT2D eigenvalue weighted by atomic mass is 10.3. The minimum absolute atomic E-state index is 0.0188. The number of rotatable bonds is 9. The Bertz CT molecular complexity index is 584. The van der Waals surface area contributed by atoms with E-state index in [1.54, 1.807) is 18.4 Å². The van der Waals surface area contributed by atoms with Crippen molar-refractivity contribution in [3.63, 3.8) is 0 Å². The molecule has 1 N–H and O–H groups in total. The number of hydrogen-bond donors (Lipinski definition) is 1. The molecule has 1 aromatic heterocycles. The van der Waals surface area contributed by atoms with Crippen LogP contribution in [-0.4, -0.2) is 44.7 Å². The second kappa shape index (κ2) is 9.17. The van der Waals surface area contributed by atoms with Gasteiger partial charge in [-0.2, -0.15) is 0 Å². The molecule has 124 valence electrons. The number of amides is 1. The number of carbonyl (C=O) groups is 1. The van der Waals surface area contributed by atoms with Crippen molar-refractivity contribution in [2.24, 2.45) is 0 Å². The summed E-state index contributed by atoms with van der Waals surface area (Å²) in [4.78, 5) is 14.9. The number of likely N-dealkylation sites (N-methyl/N-ethyl adjacent to an activating group) is 1. The van der Waals surface area contributed by atoms with Gasteiger partial charge in [-0.1, -0.05) is 6.07 Å². The standard InChI is InChI=1S/C17H22N2O3S/c1-19(13-17(20)18-12-16-4-3-11-23-16)9-10-22-15-7-5-14(21-2)6-8-15/h3-8,11H,9-10,12-13H2,1-2H3,(H,18,20). The van der Waals surface area contributed by atoms with Crippen LogP contribution in [-0.2, 0) is 11.3 Å². The van der Waals surface area contributed by atoms with Crippen LogP contribution in [0.2, 0.25) is 0 Å². The number of thiophene rings is 1. The highest BCUT2D eigenvalue weighted by Gasteiger charge is 2.07. The van der Waals surface area contributed by atoms with Gasteiger partial charge in [-0.05, 0) is 42.8 Å². The average molecular weight is 334 g/mol. The second-order valence-corrected chi connectivity index (χ2v) is 6.15. The van der Waals surface area contributed by atoms with Crippen molar-refractivity contribution in [1.82, 2.24) is 10.2 Å². The van der Waals surface area contributed by atoms with Gasteiger partial charge in [0.1, 0.15) is 18.1 Å². The predicted molar refractivity (Wildman–Crippen MR) is 92.2 cm³/mol. The van der Waals surface area contributed by atoms with Crippen molar-refractivity contribution in [3.05, 3.63) is 46.7 Å². The summed E-state index contributed by atoms with van der Waals surface area (Å²) in [5, 5.41) is 4.92. The molecular weight excluding hydrogens is 312 g/mol. The van der Waals surface area contributed by atoms with E-state index in [4.69, 9.17) is 9.47 Å². The summed E-state index contributed by atoms with van der Waals surface area (Å²) in [6, 6.07) is 11.4. The van der Waals surface area contributed by atoms with Crippen LogP contribution in [0.3, 0.4) is 0 Å². The van der Waals surface area contributed by atoms with E-state index in [1.165, 1.54) is 0 Å². The molecule has 0 aliphatic heterocycles. The molecule has 0 unspecified atom stereocenters. The molecule has 6 heteroatoms. The van der Waals surface area contributed by atoms with Gasteiger partial charge >= 0.3 is 0 Å². The number of carbonyl (C=O) groups excluding carboxylic acids is 1. The molecular formula is C17H22N2O3S. The van der Waals surface area contributed by atoms with Crippen molar-refractivity contribution in [3.8, 4) is 11.5 Å². The first-order valence-corrected chi connectivity index (χ1v) is 8.30. The Labute approximate surface area is 140 Å². The molecule has 0 aliphatic carbocycles. The maximum Gasteiger partial charge on any atom is 0.234 e. The van der Waals surface area contributed by atoms with Gasteiger partial charge in [-0.25, -0.2) is 0 Å². The molecule has 0 saturated carbocycles. The Morgan fingerprint density at radius 1 is 1.22 bits per heavy atom. The number of ether oxygens (including phenoxy) is 2. The molecule has 0 fully saturated rings. The zero-order valence-electron chi connectivity index (χ0n) is 13.5. The average Bonchev–Trinajstić information content (AvgIpc) is 3.07. The highest BCUT2D eigenvalue weighted by atomic mass is 32.1. The zero-order valence-corrected chi connectivity index (χ0v) is 14.3. The Morgan fingerprint density at radius 3 is 2.61 bits per heavy atom. The maximum absolute atomic E-state index is 11.8. The minimum atomic E-state index is 0.0188. The Hall–Kier alpha value is -2.05. The van der Waals surface area contributed by atoms with E-state index in [2.05, 4.69) is 5.32 Å². The molecule has 2 rings (SSSR count). The van der Waals surface area contributed by atoms with Crippen LogP contribution in [0.5, 0.6) is 11.5 Å². The van der Waals surface area contributed by atoms with Gasteiger partial charge in [-0.15, -0.1) is 11.3 Å². The van der Waals surface area contributed by atoms with Crippen LogP contribution in [0.25, 0.3) is 0 Å². The van der Waals surface area contributed by atoms with Crippen molar-refractivity contribution in [2.75, 3.05) is 33.9 Å². The SMILES string of the molecule is COc1ccc(OCCN(C)CC(=O)NCc2cccs2)cc1. The zero-order chi connectivity index (χ0) is 16.5. The molecule has 2 aromatic rings. The van der Waals surface area contributed by atoms with Gasteiger partial charge in [0.25, 0.3) is 0 Å². The van der Waals surface area contributed by atoms with E-state index >= 15 is 0 Å². The van der Waals surface area contributed by atoms with E-state index in [1.807, 2.05) is 53.7 Å². The monoisotopic (exact) mass is 334 g/mol. The van der Waals surface area contributed by atoms with E-state index in [-0.39, 0.29) is 5.91 Å². The van der Waals surface area contributed by atoms with Crippen LogP contribution >= 0.6 is 11.3 Å². The molecule has 23 heavy (non-hydrogen) atoms. The molecule has 0 saturated heterocycles. The summed E-state index contributed by atoms with van der Waals surface area (Å²) in [5.41, 5.74) is 0. The molecule has 0 atom stereocenters. The van der Waals surface area contributed by atoms with Crippen LogP contribution in [0.4, 0.5) is 0 Å². The largest absolute Gasteiger partial charge is 0.497 e. The summed E-state index contributed by atoms with van der Waals surface area (Å²) in [7, 11) is 3.54. The quantitative estimate of drug-likeness (QED) is 0.765. The minimum Gasteiger partial charge on any atom is -0.497 e. The molecule has 0 radical (unpaired) electrons. The lowest BCUT2D eigenvalue weighted by molar-refractivity contribution is -0.122. The maximum atomic E-state index is 11.8. The summed E-state index contributed by atoms with van der Waals surface area (Å²) in [5.74, 6) is 1.61. The van der Waals surface area contributed by atoms with Crippen LogP contribution in [0.15, 0.2) is 41.8 Å². The molecule has 5 nitrogen and oxygen atoms in total. The normalized spacial score (nSPS) is 10.6. The van der Waals surface area contributed by atoms with Crippen LogP contribution < -0.4 is 14.8 Å². The number of hydrogen-bond acceptors (Lipinski definition) is 5. The van der Waals surface area contributed by atoms with Gasteiger partial charge in [0.05, 0.1) is 20.2 Å². The Morgan fingerprint density at radius 2 is 1.96 bits per heavy atom. The van der Waals surface area contributed by atoms with Crippen molar-refractivity contribution in [2.45, 2.75) is 6.54 Å². The van der Waals surface area contributed by atoms with E-state index in [0.29, 0.717) is 26.2 Å². The predicted octanol–water partition coefficient (Wildman–Crippen LogP) is 2.38. The fourth-order valence-electron chi connectivity index (χ4n) is 1.97. The van der Waals surface area contributed by atoms with Crippen molar-refractivity contribution in [1.29, 1.82) is 0 Å². The fourth-order valence-corrected chi connectivity index (χ4v) is 2.61. The van der Waals surface area contributed by atoms with Gasteiger partial charge < -0.3 is 14.8 Å². The fraction of sp³-hybridized carbons (Fsp3) is 0.353. The number of methoxy groups -OCH3 is 1. The Balaban J connectivity index is 1.62. The summed E-state index contributed by atoms with van der Waals surface area (Å²) >= 11 is 1.64. The third-order valence-corrected chi connectivity index (χ3v) is 4.13. The third-order valence-electron chi connectivity index (χ3n) is 3.25. The van der Waals surface area contributed by atoms with E-state index < -0.39 is 0 Å². The smallest absolute Gasteiger partial charge is 0.234 e. The lowest BCUT2D eigenvalue weighted by Crippen LogP contribution is -2.36. The number of nitrogens with one attached hydrogen (secondary N) is 1. The van der Waals surface area contributed by atoms with Crippen LogP contribution in [0.1, 0.15) is 4.88 Å². The lowest BCUT2D eigenvalue weighted by Gasteiger charge is -2.16. The first-order chi connectivity index (χ1) is 11.2. The first-order valence-electron chi connectivity index (χ1n) is 7.42. The van der Waals surface area contributed by atoms with E-state index in [9.17, 15) is 4.79 Å². The number of nitrogens with zero attached hydrogens (tertiary/aromatic N) is 1. The molecule has 0 spiro atoms. The topological polar surface area (TPSA) is 50.8 Å². The van der Waals surface area contributed by atoms with Crippen molar-refractivity contribution < 1.29 is 14.3 Å². The molecule has 0 bridgehead atoms. The first kappa shape index (κ1) is 17.3. The summed E-state index contributed by atoms with van der Waals surface area (Å²) in [6.45, 7) is 2.16. The summed E-state index contributed by atoms with van der Waals surface area (Å²) < 4.78 is 10.7. The summed E-state index contributed by atoms with van der Waals surface area (Å²) in [6.07, 6.45) is 0. The Kier molecular flexibility index (Phi) is 6.90. The molecule has 1 heterocycles.